The average Bonchev–Trinajstić information content (AvgIpc) is 3.10. The Balaban J connectivity index is 1.50. The van der Waals surface area contributed by atoms with E-state index in [0.717, 1.165) is 34.4 Å². The number of carbonyl (C=O) groups is 2. The predicted molar refractivity (Wildman–Crippen MR) is 111 cm³/mol. The highest BCUT2D eigenvalue weighted by molar-refractivity contribution is 5.79. The van der Waals surface area contributed by atoms with E-state index in [4.69, 9.17) is 4.74 Å². The van der Waals surface area contributed by atoms with Crippen molar-refractivity contribution in [3.63, 3.8) is 0 Å². The lowest BCUT2D eigenvalue weighted by molar-refractivity contribution is -0.148. The zero-order valence-electron chi connectivity index (χ0n) is 16.4. The number of hydrogen-bond donors (Lipinski definition) is 3. The molecule has 3 N–H and O–H groups in total. The first-order chi connectivity index (χ1) is 15.0. The molecule has 2 unspecified atom stereocenters. The van der Waals surface area contributed by atoms with E-state index >= 15 is 0 Å². The van der Waals surface area contributed by atoms with Crippen molar-refractivity contribution in [3.8, 4) is 11.1 Å². The van der Waals surface area contributed by atoms with Gasteiger partial charge in [0.1, 0.15) is 12.4 Å². The van der Waals surface area contributed by atoms with Crippen LogP contribution in [0.4, 0.5) is 9.18 Å². The minimum Gasteiger partial charge on any atom is -0.479 e. The SMILES string of the molecule is O=C(NC(c1ccc(F)cc1)C(O)C(=O)O)OCC1c2ccccc2-c2ccccc21. The molecule has 0 aromatic heterocycles. The molecular formula is C24H20FNO5. The van der Waals surface area contributed by atoms with Gasteiger partial charge in [0.05, 0.1) is 6.04 Å². The molecular weight excluding hydrogens is 401 g/mol. The summed E-state index contributed by atoms with van der Waals surface area (Å²) < 4.78 is 18.6. The molecule has 0 saturated carbocycles. The Hall–Kier alpha value is -3.71. The van der Waals surface area contributed by atoms with Gasteiger partial charge in [0.15, 0.2) is 6.10 Å². The van der Waals surface area contributed by atoms with Crippen LogP contribution >= 0.6 is 0 Å². The average molecular weight is 421 g/mol. The van der Waals surface area contributed by atoms with Crippen molar-refractivity contribution in [2.24, 2.45) is 0 Å². The van der Waals surface area contributed by atoms with Crippen LogP contribution in [0.2, 0.25) is 0 Å². The minimum absolute atomic E-state index is 0.0408. The molecule has 6 nitrogen and oxygen atoms in total. The number of aliphatic carboxylic acids is 1. The molecule has 0 heterocycles. The van der Waals surface area contributed by atoms with Crippen molar-refractivity contribution in [1.29, 1.82) is 0 Å². The molecule has 0 saturated heterocycles. The molecule has 0 bridgehead atoms. The highest BCUT2D eigenvalue weighted by atomic mass is 19.1. The van der Waals surface area contributed by atoms with E-state index in [9.17, 15) is 24.2 Å². The van der Waals surface area contributed by atoms with Gasteiger partial charge in [0, 0.05) is 5.92 Å². The molecule has 2 atom stereocenters. The summed E-state index contributed by atoms with van der Waals surface area (Å²) in [6.45, 7) is 0.0408. The van der Waals surface area contributed by atoms with Crippen LogP contribution in [0.3, 0.4) is 0 Å². The number of rotatable bonds is 6. The summed E-state index contributed by atoms with van der Waals surface area (Å²) in [6, 6.07) is 19.3. The van der Waals surface area contributed by atoms with Gasteiger partial charge in [-0.15, -0.1) is 0 Å². The highest BCUT2D eigenvalue weighted by Gasteiger charge is 2.32. The molecule has 4 rings (SSSR count). The number of amides is 1. The molecule has 31 heavy (non-hydrogen) atoms. The number of aliphatic hydroxyl groups excluding tert-OH is 1. The van der Waals surface area contributed by atoms with Gasteiger partial charge in [-0.2, -0.15) is 0 Å². The van der Waals surface area contributed by atoms with Crippen molar-refractivity contribution >= 4 is 12.1 Å². The van der Waals surface area contributed by atoms with Crippen molar-refractivity contribution in [2.75, 3.05) is 6.61 Å². The van der Waals surface area contributed by atoms with E-state index in [0.29, 0.717) is 0 Å². The molecule has 0 aliphatic heterocycles. The molecule has 0 fully saturated rings. The zero-order valence-corrected chi connectivity index (χ0v) is 16.4. The quantitative estimate of drug-likeness (QED) is 0.562. The molecule has 0 radical (unpaired) electrons. The Kier molecular flexibility index (Phi) is 5.68. The lowest BCUT2D eigenvalue weighted by Gasteiger charge is -2.22. The fraction of sp³-hybridized carbons (Fsp3) is 0.167. The van der Waals surface area contributed by atoms with Gasteiger partial charge in [-0.05, 0) is 39.9 Å². The van der Waals surface area contributed by atoms with Crippen molar-refractivity contribution < 1.29 is 28.9 Å². The molecule has 1 aliphatic rings. The second-order valence-electron chi connectivity index (χ2n) is 7.28. The Labute approximate surface area is 177 Å². The van der Waals surface area contributed by atoms with Crippen LogP contribution < -0.4 is 5.32 Å². The second kappa shape index (κ2) is 8.57. The molecule has 158 valence electrons. The predicted octanol–water partition coefficient (Wildman–Crippen LogP) is 3.85. The van der Waals surface area contributed by atoms with Gasteiger partial charge in [0.25, 0.3) is 0 Å². The third kappa shape index (κ3) is 4.13. The Bertz CT molecular complexity index is 1070. The molecule has 3 aromatic carbocycles. The first kappa shape index (κ1) is 20.6. The van der Waals surface area contributed by atoms with Gasteiger partial charge in [0.2, 0.25) is 0 Å². The van der Waals surface area contributed by atoms with E-state index < -0.39 is 30.0 Å². The van der Waals surface area contributed by atoms with Gasteiger partial charge in [-0.1, -0.05) is 60.7 Å². The summed E-state index contributed by atoms with van der Waals surface area (Å²) >= 11 is 0. The van der Waals surface area contributed by atoms with E-state index in [1.54, 1.807) is 0 Å². The number of carbonyl (C=O) groups excluding carboxylic acids is 1. The Morgan fingerprint density at radius 1 is 0.935 bits per heavy atom. The van der Waals surface area contributed by atoms with Gasteiger partial charge in [-0.25, -0.2) is 14.0 Å². The molecule has 0 spiro atoms. The van der Waals surface area contributed by atoms with Gasteiger partial charge >= 0.3 is 12.1 Å². The third-order valence-electron chi connectivity index (χ3n) is 5.41. The van der Waals surface area contributed by atoms with Crippen LogP contribution in [0.25, 0.3) is 11.1 Å². The number of aliphatic hydroxyl groups is 1. The van der Waals surface area contributed by atoms with Crippen molar-refractivity contribution in [1.82, 2.24) is 5.32 Å². The molecule has 1 aliphatic carbocycles. The van der Waals surface area contributed by atoms with Crippen LogP contribution in [-0.2, 0) is 9.53 Å². The third-order valence-corrected chi connectivity index (χ3v) is 5.41. The maximum absolute atomic E-state index is 13.2. The Morgan fingerprint density at radius 3 is 2.03 bits per heavy atom. The number of nitrogens with one attached hydrogen (secondary N) is 1. The van der Waals surface area contributed by atoms with Crippen LogP contribution in [0.1, 0.15) is 28.7 Å². The number of fused-ring (bicyclic) bond motifs is 3. The van der Waals surface area contributed by atoms with Crippen LogP contribution in [0, 0.1) is 5.82 Å². The summed E-state index contributed by atoms with van der Waals surface area (Å²) in [6.07, 6.45) is -2.80. The lowest BCUT2D eigenvalue weighted by atomic mass is 9.98. The van der Waals surface area contributed by atoms with E-state index in [2.05, 4.69) is 5.32 Å². The fourth-order valence-corrected chi connectivity index (χ4v) is 3.92. The van der Waals surface area contributed by atoms with E-state index in [1.807, 2.05) is 48.5 Å². The number of halogens is 1. The van der Waals surface area contributed by atoms with Crippen LogP contribution in [-0.4, -0.2) is 35.0 Å². The number of alkyl carbamates (subject to hydrolysis) is 1. The van der Waals surface area contributed by atoms with Crippen molar-refractivity contribution in [2.45, 2.75) is 18.1 Å². The number of ether oxygens (including phenoxy) is 1. The topological polar surface area (TPSA) is 95.9 Å². The smallest absolute Gasteiger partial charge is 0.407 e. The Morgan fingerprint density at radius 2 is 1.48 bits per heavy atom. The maximum atomic E-state index is 13.2. The van der Waals surface area contributed by atoms with Crippen molar-refractivity contribution in [3.05, 3.63) is 95.3 Å². The van der Waals surface area contributed by atoms with E-state index in [-0.39, 0.29) is 18.1 Å². The largest absolute Gasteiger partial charge is 0.479 e. The zero-order chi connectivity index (χ0) is 22.0. The fourth-order valence-electron chi connectivity index (χ4n) is 3.92. The summed E-state index contributed by atoms with van der Waals surface area (Å²) in [4.78, 5) is 23.8. The number of hydrogen-bond acceptors (Lipinski definition) is 4. The first-order valence-electron chi connectivity index (χ1n) is 9.73. The number of benzene rings is 3. The normalized spacial score (nSPS) is 14.3. The first-order valence-corrected chi connectivity index (χ1v) is 9.73. The summed E-state index contributed by atoms with van der Waals surface area (Å²) in [5.74, 6) is -2.20. The summed E-state index contributed by atoms with van der Waals surface area (Å²) in [5, 5.41) is 21.6. The summed E-state index contributed by atoms with van der Waals surface area (Å²) in [5.41, 5.74) is 4.48. The van der Waals surface area contributed by atoms with Crippen LogP contribution in [0.15, 0.2) is 72.8 Å². The number of carboxylic acids is 1. The van der Waals surface area contributed by atoms with Gasteiger partial charge in [-0.3, -0.25) is 0 Å². The van der Waals surface area contributed by atoms with Crippen LogP contribution in [0.5, 0.6) is 0 Å². The maximum Gasteiger partial charge on any atom is 0.407 e. The second-order valence-corrected chi connectivity index (χ2v) is 7.28. The lowest BCUT2D eigenvalue weighted by Crippen LogP contribution is -2.40. The highest BCUT2D eigenvalue weighted by Crippen LogP contribution is 2.44. The molecule has 1 amide bonds. The van der Waals surface area contributed by atoms with E-state index in [1.165, 1.54) is 12.1 Å². The minimum atomic E-state index is -1.93. The van der Waals surface area contributed by atoms with Gasteiger partial charge < -0.3 is 20.3 Å². The number of carboxylic acid groups (broad SMARTS) is 1. The standard InChI is InChI=1S/C24H20FNO5/c25-15-11-9-14(10-12-15)21(22(27)23(28)29)26-24(30)31-13-20-18-7-3-1-5-16(18)17-6-2-4-8-19(17)20/h1-12,20-22,27H,13H2,(H,26,30)(H,28,29). The molecule has 3 aromatic rings. The molecule has 7 heteroatoms. The monoisotopic (exact) mass is 421 g/mol. The summed E-state index contributed by atoms with van der Waals surface area (Å²) in [7, 11) is 0.